The van der Waals surface area contributed by atoms with E-state index in [0.29, 0.717) is 11.6 Å². The van der Waals surface area contributed by atoms with Gasteiger partial charge in [-0.05, 0) is 31.0 Å². The van der Waals surface area contributed by atoms with Crippen LogP contribution in [0.15, 0.2) is 18.2 Å². The molecule has 1 aromatic heterocycles. The van der Waals surface area contributed by atoms with Gasteiger partial charge in [0.1, 0.15) is 23.1 Å². The largest absolute Gasteiger partial charge is 0.487 e. The molecule has 0 aliphatic heterocycles. The van der Waals surface area contributed by atoms with Crippen LogP contribution < -0.4 is 10.1 Å². The normalized spacial score (nSPS) is 10.5. The molecule has 0 saturated carbocycles. The van der Waals surface area contributed by atoms with Crippen LogP contribution in [0, 0.1) is 6.92 Å². The van der Waals surface area contributed by atoms with E-state index in [1.165, 1.54) is 11.5 Å². The van der Waals surface area contributed by atoms with Crippen molar-refractivity contribution in [3.63, 3.8) is 0 Å². The van der Waals surface area contributed by atoms with E-state index >= 15 is 0 Å². The first-order valence-electron chi connectivity index (χ1n) is 6.14. The number of hydrogen-bond donors (Lipinski definition) is 1. The minimum Gasteiger partial charge on any atom is -0.487 e. The highest BCUT2D eigenvalue weighted by molar-refractivity contribution is 7.10. The van der Waals surface area contributed by atoms with Crippen LogP contribution in [0.2, 0.25) is 5.02 Å². The van der Waals surface area contributed by atoms with E-state index in [4.69, 9.17) is 16.3 Å². The predicted molar refractivity (Wildman–Crippen MR) is 79.2 cm³/mol. The summed E-state index contributed by atoms with van der Waals surface area (Å²) in [5.41, 5.74) is 1.88. The molecule has 2 rings (SSSR count). The first kappa shape index (κ1) is 14.1. The lowest BCUT2D eigenvalue weighted by atomic mass is 10.2. The molecule has 0 aliphatic carbocycles. The van der Waals surface area contributed by atoms with Gasteiger partial charge in [0.05, 0.1) is 0 Å². The van der Waals surface area contributed by atoms with Gasteiger partial charge in [-0.2, -0.15) is 0 Å². The van der Waals surface area contributed by atoms with Crippen molar-refractivity contribution in [3.8, 4) is 5.75 Å². The molecule has 6 heteroatoms. The van der Waals surface area contributed by atoms with E-state index < -0.39 is 0 Å². The Hall–Kier alpha value is -1.33. The van der Waals surface area contributed by atoms with Crippen molar-refractivity contribution in [1.29, 1.82) is 0 Å². The number of halogens is 1. The molecule has 0 unspecified atom stereocenters. The Morgan fingerprint density at radius 3 is 3.05 bits per heavy atom. The van der Waals surface area contributed by atoms with Crippen LogP contribution in [0.3, 0.4) is 0 Å². The fourth-order valence-electron chi connectivity index (χ4n) is 1.55. The maximum Gasteiger partial charge on any atom is 0.136 e. The summed E-state index contributed by atoms with van der Waals surface area (Å²) in [6.07, 6.45) is 1.06. The Morgan fingerprint density at radius 2 is 2.26 bits per heavy atom. The summed E-state index contributed by atoms with van der Waals surface area (Å²) in [4.78, 5) is 0. The highest BCUT2D eigenvalue weighted by atomic mass is 35.5. The average Bonchev–Trinajstić information content (AvgIpc) is 2.85. The summed E-state index contributed by atoms with van der Waals surface area (Å²) >= 11 is 7.31. The smallest absolute Gasteiger partial charge is 0.136 e. The van der Waals surface area contributed by atoms with Gasteiger partial charge in [-0.25, -0.2) is 0 Å². The zero-order valence-electron chi connectivity index (χ0n) is 10.9. The van der Waals surface area contributed by atoms with Gasteiger partial charge in [0.25, 0.3) is 0 Å². The van der Waals surface area contributed by atoms with Crippen molar-refractivity contribution in [2.45, 2.75) is 26.9 Å². The predicted octanol–water partition coefficient (Wildman–Crippen LogP) is 3.90. The molecule has 0 radical (unpaired) electrons. The zero-order valence-corrected chi connectivity index (χ0v) is 12.5. The third-order valence-corrected chi connectivity index (χ3v) is 3.57. The number of nitrogens with zero attached hydrogens (tertiary/aromatic N) is 2. The maximum absolute atomic E-state index is 5.96. The van der Waals surface area contributed by atoms with Crippen molar-refractivity contribution in [2.24, 2.45) is 0 Å². The van der Waals surface area contributed by atoms with Crippen LogP contribution in [0.5, 0.6) is 5.75 Å². The van der Waals surface area contributed by atoms with Crippen LogP contribution in [0.25, 0.3) is 0 Å². The SMILES string of the molecule is CCCNc1snnc1COc1cc(Cl)ccc1C. The molecule has 19 heavy (non-hydrogen) atoms. The van der Waals surface area contributed by atoms with Crippen LogP contribution in [-0.4, -0.2) is 16.1 Å². The van der Waals surface area contributed by atoms with E-state index in [9.17, 15) is 0 Å². The summed E-state index contributed by atoms with van der Waals surface area (Å²) in [7, 11) is 0. The Balaban J connectivity index is 2.02. The number of hydrogen-bond acceptors (Lipinski definition) is 5. The first-order valence-corrected chi connectivity index (χ1v) is 7.30. The topological polar surface area (TPSA) is 47.0 Å². The number of ether oxygens (including phenoxy) is 1. The van der Waals surface area contributed by atoms with Gasteiger partial charge in [0, 0.05) is 23.1 Å². The first-order chi connectivity index (χ1) is 9.20. The maximum atomic E-state index is 5.96. The van der Waals surface area contributed by atoms with Gasteiger partial charge in [-0.3, -0.25) is 0 Å². The third kappa shape index (κ3) is 3.81. The van der Waals surface area contributed by atoms with Gasteiger partial charge in [-0.1, -0.05) is 29.1 Å². The number of nitrogens with one attached hydrogen (secondary N) is 1. The monoisotopic (exact) mass is 297 g/mol. The quantitative estimate of drug-likeness (QED) is 0.878. The number of benzene rings is 1. The molecule has 2 aromatic rings. The second kappa shape index (κ2) is 6.73. The molecule has 0 bridgehead atoms. The van der Waals surface area contributed by atoms with Crippen LogP contribution >= 0.6 is 23.1 Å². The number of aromatic nitrogens is 2. The van der Waals surface area contributed by atoms with E-state index in [1.54, 1.807) is 0 Å². The lowest BCUT2D eigenvalue weighted by molar-refractivity contribution is 0.299. The molecule has 0 saturated heterocycles. The average molecular weight is 298 g/mol. The molecule has 1 heterocycles. The second-order valence-corrected chi connectivity index (χ2v) is 5.36. The van der Waals surface area contributed by atoms with Crippen LogP contribution in [-0.2, 0) is 6.61 Å². The Labute approximate surface area is 121 Å². The van der Waals surface area contributed by atoms with Gasteiger partial charge in [-0.15, -0.1) is 5.10 Å². The number of aryl methyl sites for hydroxylation is 1. The summed E-state index contributed by atoms with van der Waals surface area (Å²) in [5.74, 6) is 0.780. The Kier molecular flexibility index (Phi) is 4.99. The number of rotatable bonds is 6. The van der Waals surface area contributed by atoms with E-state index in [2.05, 4.69) is 21.8 Å². The fraction of sp³-hybridized carbons (Fsp3) is 0.385. The van der Waals surface area contributed by atoms with Gasteiger partial charge >= 0.3 is 0 Å². The zero-order chi connectivity index (χ0) is 13.7. The van der Waals surface area contributed by atoms with Crippen molar-refractivity contribution in [1.82, 2.24) is 9.59 Å². The molecule has 4 nitrogen and oxygen atoms in total. The highest BCUT2D eigenvalue weighted by Gasteiger charge is 2.09. The summed E-state index contributed by atoms with van der Waals surface area (Å²) in [5, 5.41) is 9.02. The standard InChI is InChI=1S/C13H16ClN3OS/c1-3-6-15-13-11(16-17-19-13)8-18-12-7-10(14)5-4-9(12)2/h4-5,7,15H,3,6,8H2,1-2H3. The molecule has 102 valence electrons. The van der Waals surface area contributed by atoms with E-state index in [0.717, 1.165) is 35.0 Å². The van der Waals surface area contributed by atoms with Crippen LogP contribution in [0.1, 0.15) is 24.6 Å². The fourth-order valence-corrected chi connectivity index (χ4v) is 2.31. The Morgan fingerprint density at radius 1 is 1.42 bits per heavy atom. The molecule has 1 aromatic carbocycles. The van der Waals surface area contributed by atoms with E-state index in [-0.39, 0.29) is 0 Å². The second-order valence-electron chi connectivity index (χ2n) is 4.17. The molecule has 0 amide bonds. The lowest BCUT2D eigenvalue weighted by Crippen LogP contribution is -2.04. The van der Waals surface area contributed by atoms with Crippen molar-refractivity contribution < 1.29 is 4.74 Å². The molecule has 0 fully saturated rings. The molecule has 0 spiro atoms. The summed E-state index contributed by atoms with van der Waals surface area (Å²) in [6, 6.07) is 5.60. The van der Waals surface area contributed by atoms with E-state index in [1.807, 2.05) is 25.1 Å². The molecule has 0 aliphatic rings. The van der Waals surface area contributed by atoms with Gasteiger partial charge in [0.2, 0.25) is 0 Å². The number of anilines is 1. The minimum atomic E-state index is 0.393. The Bertz CT molecular complexity index is 544. The van der Waals surface area contributed by atoms with Crippen LogP contribution in [0.4, 0.5) is 5.00 Å². The molecular weight excluding hydrogens is 282 g/mol. The molecule has 0 atom stereocenters. The van der Waals surface area contributed by atoms with Crippen molar-refractivity contribution >= 4 is 28.1 Å². The lowest BCUT2D eigenvalue weighted by Gasteiger charge is -2.09. The van der Waals surface area contributed by atoms with Gasteiger partial charge in [0.15, 0.2) is 0 Å². The molecular formula is C13H16ClN3OS. The minimum absolute atomic E-state index is 0.393. The van der Waals surface area contributed by atoms with Crippen molar-refractivity contribution in [2.75, 3.05) is 11.9 Å². The highest BCUT2D eigenvalue weighted by Crippen LogP contribution is 2.25. The molecule has 1 N–H and O–H groups in total. The summed E-state index contributed by atoms with van der Waals surface area (Å²) in [6.45, 7) is 5.41. The third-order valence-electron chi connectivity index (χ3n) is 2.61. The summed E-state index contributed by atoms with van der Waals surface area (Å²) < 4.78 is 9.71. The van der Waals surface area contributed by atoms with Crippen molar-refractivity contribution in [3.05, 3.63) is 34.5 Å². The van der Waals surface area contributed by atoms with Gasteiger partial charge < -0.3 is 10.1 Å².